The van der Waals surface area contributed by atoms with Crippen LogP contribution in [-0.2, 0) is 6.42 Å². The fourth-order valence-corrected chi connectivity index (χ4v) is 2.93. The molecule has 0 fully saturated rings. The largest absolute Gasteiger partial charge is 0.322 e. The van der Waals surface area contributed by atoms with Gasteiger partial charge < -0.3 is 9.88 Å². The van der Waals surface area contributed by atoms with Gasteiger partial charge >= 0.3 is 0 Å². The molecule has 4 aromatic rings. The van der Waals surface area contributed by atoms with Crippen molar-refractivity contribution in [1.29, 1.82) is 0 Å². The molecule has 0 aliphatic heterocycles. The van der Waals surface area contributed by atoms with E-state index in [1.807, 2.05) is 60.2 Å². The van der Waals surface area contributed by atoms with E-state index in [0.717, 1.165) is 11.4 Å². The summed E-state index contributed by atoms with van der Waals surface area (Å²) in [5.74, 6) is 0.493. The SMILES string of the molecule is CCc1c(C(=O)Nc2cccc(-n3ccnc3)c2)cnn1-c1ccccn1. The second-order valence-corrected chi connectivity index (χ2v) is 5.93. The molecule has 7 nitrogen and oxygen atoms in total. The highest BCUT2D eigenvalue weighted by atomic mass is 16.1. The maximum absolute atomic E-state index is 12.8. The number of carbonyl (C=O) groups is 1. The number of nitrogens with zero attached hydrogens (tertiary/aromatic N) is 5. The minimum atomic E-state index is -0.197. The van der Waals surface area contributed by atoms with Crippen LogP contribution in [-0.4, -0.2) is 30.2 Å². The molecule has 1 N–H and O–H groups in total. The number of nitrogens with one attached hydrogen (secondary N) is 1. The summed E-state index contributed by atoms with van der Waals surface area (Å²) >= 11 is 0. The summed E-state index contributed by atoms with van der Waals surface area (Å²) in [4.78, 5) is 21.2. The van der Waals surface area contributed by atoms with E-state index < -0.39 is 0 Å². The molecule has 0 saturated heterocycles. The van der Waals surface area contributed by atoms with Crippen LogP contribution in [0.5, 0.6) is 0 Å². The lowest BCUT2D eigenvalue weighted by atomic mass is 10.2. The Labute approximate surface area is 156 Å². The molecule has 3 heterocycles. The zero-order valence-electron chi connectivity index (χ0n) is 14.8. The number of hydrogen-bond acceptors (Lipinski definition) is 4. The van der Waals surface area contributed by atoms with E-state index >= 15 is 0 Å². The van der Waals surface area contributed by atoms with Gasteiger partial charge in [-0.15, -0.1) is 0 Å². The van der Waals surface area contributed by atoms with Gasteiger partial charge in [-0.2, -0.15) is 5.10 Å². The monoisotopic (exact) mass is 358 g/mol. The molecule has 0 bridgehead atoms. The number of anilines is 1. The van der Waals surface area contributed by atoms with Crippen molar-refractivity contribution in [3.8, 4) is 11.5 Å². The van der Waals surface area contributed by atoms with E-state index in [2.05, 4.69) is 20.4 Å². The van der Waals surface area contributed by atoms with E-state index in [9.17, 15) is 4.79 Å². The number of amides is 1. The zero-order chi connectivity index (χ0) is 18.6. The second-order valence-electron chi connectivity index (χ2n) is 5.93. The Balaban J connectivity index is 1.61. The third-order valence-electron chi connectivity index (χ3n) is 4.22. The van der Waals surface area contributed by atoms with Crippen LogP contribution in [0.1, 0.15) is 23.0 Å². The standard InChI is InChI=1S/C20H18N6O/c1-2-18-17(13-23-26(18)19-8-3-4-9-22-19)20(27)24-15-6-5-7-16(12-15)25-11-10-21-14-25/h3-14H,2H2,1H3,(H,24,27). The molecule has 0 aliphatic rings. The molecule has 3 aromatic heterocycles. The third kappa shape index (κ3) is 3.35. The number of rotatable bonds is 5. The number of benzene rings is 1. The van der Waals surface area contributed by atoms with Gasteiger partial charge in [0.1, 0.15) is 0 Å². The van der Waals surface area contributed by atoms with Gasteiger partial charge in [0.25, 0.3) is 5.91 Å². The first-order valence-electron chi connectivity index (χ1n) is 8.64. The molecule has 0 aliphatic carbocycles. The van der Waals surface area contributed by atoms with Gasteiger partial charge in [0.05, 0.1) is 23.8 Å². The molecule has 0 radical (unpaired) electrons. The summed E-state index contributed by atoms with van der Waals surface area (Å²) in [6.07, 6.45) is 9.24. The Morgan fingerprint density at radius 3 is 2.81 bits per heavy atom. The van der Waals surface area contributed by atoms with Crippen molar-refractivity contribution < 1.29 is 4.79 Å². The van der Waals surface area contributed by atoms with E-state index in [1.165, 1.54) is 0 Å². The first-order chi connectivity index (χ1) is 13.3. The molecular formula is C20H18N6O. The van der Waals surface area contributed by atoms with Crippen molar-refractivity contribution in [3.05, 3.63) is 84.8 Å². The number of imidazole rings is 1. The molecule has 1 aromatic carbocycles. The van der Waals surface area contributed by atoms with Gasteiger partial charge in [-0.3, -0.25) is 4.79 Å². The maximum Gasteiger partial charge on any atom is 0.259 e. The van der Waals surface area contributed by atoms with Gasteiger partial charge in [-0.1, -0.05) is 19.1 Å². The molecule has 7 heteroatoms. The molecule has 0 saturated carbocycles. The van der Waals surface area contributed by atoms with Crippen molar-refractivity contribution in [2.75, 3.05) is 5.32 Å². The van der Waals surface area contributed by atoms with E-state index in [0.29, 0.717) is 23.5 Å². The second kappa shape index (κ2) is 7.25. The molecule has 134 valence electrons. The number of pyridine rings is 1. The lowest BCUT2D eigenvalue weighted by molar-refractivity contribution is 0.102. The predicted molar refractivity (Wildman–Crippen MR) is 102 cm³/mol. The molecular weight excluding hydrogens is 340 g/mol. The lowest BCUT2D eigenvalue weighted by Crippen LogP contribution is -2.14. The zero-order valence-corrected chi connectivity index (χ0v) is 14.8. The number of hydrogen-bond donors (Lipinski definition) is 1. The molecule has 1 amide bonds. The smallest absolute Gasteiger partial charge is 0.259 e. The Hall–Kier alpha value is -3.74. The molecule has 27 heavy (non-hydrogen) atoms. The van der Waals surface area contributed by atoms with E-state index in [-0.39, 0.29) is 5.91 Å². The third-order valence-corrected chi connectivity index (χ3v) is 4.22. The van der Waals surface area contributed by atoms with Crippen molar-refractivity contribution in [3.63, 3.8) is 0 Å². The average Bonchev–Trinajstić information content (AvgIpc) is 3.38. The van der Waals surface area contributed by atoms with E-state index in [1.54, 1.807) is 29.6 Å². The predicted octanol–water partition coefficient (Wildman–Crippen LogP) is 3.27. The summed E-state index contributed by atoms with van der Waals surface area (Å²) in [5.41, 5.74) is 2.98. The van der Waals surface area contributed by atoms with E-state index in [4.69, 9.17) is 0 Å². The summed E-state index contributed by atoms with van der Waals surface area (Å²) in [6, 6.07) is 13.2. The Morgan fingerprint density at radius 1 is 1.15 bits per heavy atom. The molecule has 0 spiro atoms. The van der Waals surface area contributed by atoms with Crippen molar-refractivity contribution in [1.82, 2.24) is 24.3 Å². The highest BCUT2D eigenvalue weighted by Crippen LogP contribution is 2.18. The Morgan fingerprint density at radius 2 is 2.07 bits per heavy atom. The van der Waals surface area contributed by atoms with Gasteiger partial charge in [0.15, 0.2) is 5.82 Å². The van der Waals surface area contributed by atoms with Gasteiger partial charge in [-0.25, -0.2) is 14.6 Å². The molecule has 4 rings (SSSR count). The fraction of sp³-hybridized carbons (Fsp3) is 0.100. The highest BCUT2D eigenvalue weighted by molar-refractivity contribution is 6.05. The average molecular weight is 358 g/mol. The topological polar surface area (TPSA) is 77.6 Å². The van der Waals surface area contributed by atoms with Crippen LogP contribution in [0.2, 0.25) is 0 Å². The van der Waals surface area contributed by atoms with Crippen LogP contribution < -0.4 is 5.32 Å². The first kappa shape index (κ1) is 16.7. The van der Waals surface area contributed by atoms with Crippen LogP contribution in [0.4, 0.5) is 5.69 Å². The first-order valence-corrected chi connectivity index (χ1v) is 8.64. The normalized spacial score (nSPS) is 10.7. The summed E-state index contributed by atoms with van der Waals surface area (Å²) in [7, 11) is 0. The fourth-order valence-electron chi connectivity index (χ4n) is 2.93. The minimum Gasteiger partial charge on any atom is -0.322 e. The van der Waals surface area contributed by atoms with Crippen molar-refractivity contribution in [2.24, 2.45) is 0 Å². The quantitative estimate of drug-likeness (QED) is 0.594. The minimum absolute atomic E-state index is 0.197. The van der Waals surface area contributed by atoms with Crippen molar-refractivity contribution in [2.45, 2.75) is 13.3 Å². The van der Waals surface area contributed by atoms with Crippen LogP contribution >= 0.6 is 0 Å². The Kier molecular flexibility index (Phi) is 4.49. The lowest BCUT2D eigenvalue weighted by Gasteiger charge is -2.09. The maximum atomic E-state index is 12.8. The van der Waals surface area contributed by atoms with Crippen LogP contribution in [0, 0.1) is 0 Å². The summed E-state index contributed by atoms with van der Waals surface area (Å²) in [5, 5.41) is 7.31. The highest BCUT2D eigenvalue weighted by Gasteiger charge is 2.18. The van der Waals surface area contributed by atoms with Gasteiger partial charge in [0, 0.05) is 30.0 Å². The van der Waals surface area contributed by atoms with Gasteiger partial charge in [-0.05, 0) is 36.8 Å². The molecule has 0 atom stereocenters. The number of carbonyl (C=O) groups excluding carboxylic acids is 1. The molecule has 0 unspecified atom stereocenters. The summed E-state index contributed by atoms with van der Waals surface area (Å²) < 4.78 is 3.59. The van der Waals surface area contributed by atoms with Gasteiger partial charge in [0.2, 0.25) is 0 Å². The van der Waals surface area contributed by atoms with Crippen LogP contribution in [0.15, 0.2) is 73.6 Å². The van der Waals surface area contributed by atoms with Crippen LogP contribution in [0.3, 0.4) is 0 Å². The Bertz CT molecular complexity index is 1050. The summed E-state index contributed by atoms with van der Waals surface area (Å²) in [6.45, 7) is 1.99. The van der Waals surface area contributed by atoms with Crippen molar-refractivity contribution >= 4 is 11.6 Å². The number of aromatic nitrogens is 5. The van der Waals surface area contributed by atoms with Crippen LogP contribution in [0.25, 0.3) is 11.5 Å².